The molecule has 0 spiro atoms. The van der Waals surface area contributed by atoms with E-state index in [4.69, 9.17) is 10.9 Å². The first-order chi connectivity index (χ1) is 9.91. The second-order valence-corrected chi connectivity index (χ2v) is 7.00. The third-order valence-electron chi connectivity index (χ3n) is 3.99. The van der Waals surface area contributed by atoms with Crippen LogP contribution in [-0.4, -0.2) is 20.9 Å². The van der Waals surface area contributed by atoms with Gasteiger partial charge in [0.15, 0.2) is 0 Å². The third kappa shape index (κ3) is 4.03. The average molecular weight is 311 g/mol. The van der Waals surface area contributed by atoms with Crippen molar-refractivity contribution < 1.29 is 13.2 Å². The highest BCUT2D eigenvalue weighted by molar-refractivity contribution is 7.89. The van der Waals surface area contributed by atoms with E-state index in [1.807, 2.05) is 0 Å². The van der Waals surface area contributed by atoms with Crippen molar-refractivity contribution in [2.45, 2.75) is 30.7 Å². The van der Waals surface area contributed by atoms with E-state index in [0.717, 1.165) is 19.3 Å². The summed E-state index contributed by atoms with van der Waals surface area (Å²) >= 11 is 0. The Morgan fingerprint density at radius 1 is 1.33 bits per heavy atom. The van der Waals surface area contributed by atoms with Gasteiger partial charge >= 0.3 is 0 Å². The van der Waals surface area contributed by atoms with Gasteiger partial charge in [-0.25, -0.2) is 13.6 Å². The minimum Gasteiger partial charge on any atom is -0.352 e. The summed E-state index contributed by atoms with van der Waals surface area (Å²) in [6.45, 7) is 0.814. The van der Waals surface area contributed by atoms with Crippen LogP contribution in [0.25, 0.3) is 0 Å². The van der Waals surface area contributed by atoms with Crippen LogP contribution < -0.4 is 16.2 Å². The van der Waals surface area contributed by atoms with Gasteiger partial charge in [0.1, 0.15) is 0 Å². The first kappa shape index (κ1) is 15.9. The van der Waals surface area contributed by atoms with Gasteiger partial charge in [0.25, 0.3) is 0 Å². The number of sulfonamides is 1. The fraction of sp³-hybridized carbons (Fsp3) is 0.500. The topological polar surface area (TPSA) is 115 Å². The minimum absolute atomic E-state index is 0.0102. The normalized spacial score (nSPS) is 22.2. The molecule has 1 aromatic rings. The molecule has 1 fully saturated rings. The van der Waals surface area contributed by atoms with Crippen LogP contribution in [0.3, 0.4) is 0 Å². The molecule has 2 rings (SSSR count). The van der Waals surface area contributed by atoms with E-state index in [9.17, 15) is 13.2 Å². The van der Waals surface area contributed by atoms with Crippen LogP contribution in [0, 0.1) is 11.8 Å². The van der Waals surface area contributed by atoms with E-state index in [0.29, 0.717) is 12.1 Å². The number of nitrogens with one attached hydrogen (secondary N) is 1. The van der Waals surface area contributed by atoms with Crippen molar-refractivity contribution in [2.75, 3.05) is 6.54 Å². The first-order valence-corrected chi connectivity index (χ1v) is 8.56. The molecule has 0 bridgehead atoms. The van der Waals surface area contributed by atoms with Crippen molar-refractivity contribution in [1.82, 2.24) is 5.32 Å². The van der Waals surface area contributed by atoms with E-state index < -0.39 is 10.0 Å². The van der Waals surface area contributed by atoms with Crippen molar-refractivity contribution in [3.63, 3.8) is 0 Å². The highest BCUT2D eigenvalue weighted by atomic mass is 32.2. The summed E-state index contributed by atoms with van der Waals surface area (Å²) in [4.78, 5) is 12.2. The molecule has 1 saturated carbocycles. The Morgan fingerprint density at radius 2 is 2.10 bits per heavy atom. The van der Waals surface area contributed by atoms with E-state index >= 15 is 0 Å². The van der Waals surface area contributed by atoms with Crippen molar-refractivity contribution in [1.29, 1.82) is 0 Å². The van der Waals surface area contributed by atoms with Gasteiger partial charge < -0.3 is 11.1 Å². The molecule has 116 valence electrons. The Labute approximate surface area is 124 Å². The van der Waals surface area contributed by atoms with Crippen LogP contribution in [-0.2, 0) is 21.4 Å². The van der Waals surface area contributed by atoms with Crippen molar-refractivity contribution in [2.24, 2.45) is 22.7 Å². The Balaban J connectivity index is 1.98. The van der Waals surface area contributed by atoms with Crippen LogP contribution >= 0.6 is 0 Å². The van der Waals surface area contributed by atoms with Gasteiger partial charge in [-0.1, -0.05) is 18.6 Å². The maximum absolute atomic E-state index is 12.2. The highest BCUT2D eigenvalue weighted by Gasteiger charge is 2.31. The SMILES string of the molecule is NCC1CCCC1C(=O)NCc1cccc(S(N)(=O)=O)c1. The molecular weight excluding hydrogens is 290 g/mol. The number of rotatable bonds is 5. The number of benzene rings is 1. The number of nitrogens with two attached hydrogens (primary N) is 2. The quantitative estimate of drug-likeness (QED) is 0.726. The third-order valence-corrected chi connectivity index (χ3v) is 4.90. The highest BCUT2D eigenvalue weighted by Crippen LogP contribution is 2.30. The van der Waals surface area contributed by atoms with Crippen molar-refractivity contribution in [3.8, 4) is 0 Å². The molecule has 0 saturated heterocycles. The molecule has 1 amide bonds. The molecule has 21 heavy (non-hydrogen) atoms. The summed E-state index contributed by atoms with van der Waals surface area (Å²) in [6, 6.07) is 6.27. The average Bonchev–Trinajstić information content (AvgIpc) is 2.92. The maximum Gasteiger partial charge on any atom is 0.238 e. The summed E-state index contributed by atoms with van der Waals surface area (Å²) in [5, 5.41) is 7.94. The second-order valence-electron chi connectivity index (χ2n) is 5.44. The van der Waals surface area contributed by atoms with Gasteiger partial charge in [-0.3, -0.25) is 4.79 Å². The number of carbonyl (C=O) groups is 1. The lowest BCUT2D eigenvalue weighted by atomic mass is 9.95. The van der Waals surface area contributed by atoms with Crippen LogP contribution in [0.1, 0.15) is 24.8 Å². The van der Waals surface area contributed by atoms with Gasteiger partial charge in [-0.15, -0.1) is 0 Å². The Morgan fingerprint density at radius 3 is 2.76 bits per heavy atom. The van der Waals surface area contributed by atoms with Crippen LogP contribution in [0.4, 0.5) is 0 Å². The lowest BCUT2D eigenvalue weighted by Crippen LogP contribution is -2.34. The lowest BCUT2D eigenvalue weighted by molar-refractivity contribution is -0.126. The lowest BCUT2D eigenvalue weighted by Gasteiger charge is -2.17. The molecule has 1 aliphatic rings. The zero-order valence-corrected chi connectivity index (χ0v) is 12.6. The van der Waals surface area contributed by atoms with Crippen molar-refractivity contribution in [3.05, 3.63) is 29.8 Å². The van der Waals surface area contributed by atoms with E-state index in [1.165, 1.54) is 12.1 Å². The summed E-state index contributed by atoms with van der Waals surface area (Å²) in [7, 11) is -3.72. The smallest absolute Gasteiger partial charge is 0.238 e. The fourth-order valence-corrected chi connectivity index (χ4v) is 3.40. The Bertz CT molecular complexity index is 616. The van der Waals surface area contributed by atoms with E-state index in [1.54, 1.807) is 12.1 Å². The molecular formula is C14H21N3O3S. The molecule has 2 unspecified atom stereocenters. The number of hydrogen-bond acceptors (Lipinski definition) is 4. The molecule has 0 aromatic heterocycles. The summed E-state index contributed by atoms with van der Waals surface area (Å²) < 4.78 is 22.6. The molecule has 0 radical (unpaired) electrons. The maximum atomic E-state index is 12.2. The molecule has 0 heterocycles. The van der Waals surface area contributed by atoms with Gasteiger partial charge in [-0.2, -0.15) is 0 Å². The van der Waals surface area contributed by atoms with Crippen molar-refractivity contribution >= 4 is 15.9 Å². The Kier molecular flexibility index (Phi) is 4.97. The largest absolute Gasteiger partial charge is 0.352 e. The summed E-state index contributed by atoms with van der Waals surface area (Å²) in [5.74, 6) is 0.209. The van der Waals surface area contributed by atoms with Crippen LogP contribution in [0.15, 0.2) is 29.2 Å². The first-order valence-electron chi connectivity index (χ1n) is 7.01. The van der Waals surface area contributed by atoms with Crippen LogP contribution in [0.2, 0.25) is 0 Å². The molecule has 2 atom stereocenters. The molecule has 5 N–H and O–H groups in total. The molecule has 0 aliphatic heterocycles. The predicted octanol–water partition coefficient (Wildman–Crippen LogP) is 0.325. The Hall–Kier alpha value is -1.44. The predicted molar refractivity (Wildman–Crippen MR) is 79.5 cm³/mol. The monoisotopic (exact) mass is 311 g/mol. The van der Waals surface area contributed by atoms with Gasteiger partial charge in [0, 0.05) is 12.5 Å². The molecule has 7 heteroatoms. The van der Waals surface area contributed by atoms with Gasteiger partial charge in [-0.05, 0) is 43.0 Å². The number of hydrogen-bond donors (Lipinski definition) is 3. The van der Waals surface area contributed by atoms with Crippen LogP contribution in [0.5, 0.6) is 0 Å². The fourth-order valence-electron chi connectivity index (χ4n) is 2.82. The zero-order valence-electron chi connectivity index (χ0n) is 11.8. The number of carbonyl (C=O) groups excluding carboxylic acids is 1. The second kappa shape index (κ2) is 6.55. The zero-order chi connectivity index (χ0) is 15.5. The summed E-state index contributed by atoms with van der Waals surface area (Å²) in [5.41, 5.74) is 6.38. The van der Waals surface area contributed by atoms with E-state index in [-0.39, 0.29) is 29.2 Å². The van der Waals surface area contributed by atoms with Gasteiger partial charge in [0.05, 0.1) is 4.90 Å². The standard InChI is InChI=1S/C14H21N3O3S/c15-8-11-4-2-6-13(11)14(18)17-9-10-3-1-5-12(7-10)21(16,19)20/h1,3,5,7,11,13H,2,4,6,8-9,15H2,(H,17,18)(H2,16,19,20). The minimum atomic E-state index is -3.72. The number of amides is 1. The summed E-state index contributed by atoms with van der Waals surface area (Å²) in [6.07, 6.45) is 2.89. The molecule has 1 aliphatic carbocycles. The molecule has 6 nitrogen and oxygen atoms in total. The molecule has 1 aromatic carbocycles. The van der Waals surface area contributed by atoms with E-state index in [2.05, 4.69) is 5.32 Å². The number of primary sulfonamides is 1. The van der Waals surface area contributed by atoms with Gasteiger partial charge in [0.2, 0.25) is 15.9 Å².